The molecule has 158 valence electrons. The maximum Gasteiger partial charge on any atom is 0.334 e. The van der Waals surface area contributed by atoms with Crippen LogP contribution in [0.25, 0.3) is 16.7 Å². The normalized spacial score (nSPS) is 15.1. The van der Waals surface area contributed by atoms with Gasteiger partial charge < -0.3 is 10.2 Å². The minimum atomic E-state index is -0.521. The molecule has 0 atom stereocenters. The van der Waals surface area contributed by atoms with Gasteiger partial charge in [-0.05, 0) is 64.0 Å². The summed E-state index contributed by atoms with van der Waals surface area (Å²) in [6.07, 6.45) is 4.96. The fraction of sp³-hybridized carbons (Fsp3) is 0.409. The monoisotopic (exact) mass is 411 g/mol. The molecule has 1 aromatic carbocycles. The van der Waals surface area contributed by atoms with Crippen LogP contribution in [0.3, 0.4) is 0 Å². The van der Waals surface area contributed by atoms with Crippen LogP contribution in [0.2, 0.25) is 0 Å². The van der Waals surface area contributed by atoms with Crippen molar-refractivity contribution in [3.05, 3.63) is 58.5 Å². The van der Waals surface area contributed by atoms with E-state index in [9.17, 15) is 14.0 Å². The summed E-state index contributed by atoms with van der Waals surface area (Å²) in [5.41, 5.74) is 1.65. The number of amides is 1. The van der Waals surface area contributed by atoms with Gasteiger partial charge in [0.15, 0.2) is 0 Å². The summed E-state index contributed by atoms with van der Waals surface area (Å²) in [7, 11) is 1.67. The molecule has 7 nitrogen and oxygen atoms in total. The van der Waals surface area contributed by atoms with E-state index in [1.165, 1.54) is 27.7 Å². The number of fused-ring (bicyclic) bond motifs is 1. The summed E-state index contributed by atoms with van der Waals surface area (Å²) in [6.45, 7) is 5.45. The number of carbonyl (C=O) groups excluding carboxylic acids is 1. The smallest absolute Gasteiger partial charge is 0.334 e. The SMILES string of the molecule is CC(C)N(C)C(=O)c1cc(F)ccc1-n1c(=O)n(C2CCNCC2)c2ccncc21. The maximum atomic E-state index is 14.1. The van der Waals surface area contributed by atoms with Crippen molar-refractivity contribution in [1.29, 1.82) is 0 Å². The lowest BCUT2D eigenvalue weighted by atomic mass is 10.1. The molecule has 2 aromatic heterocycles. The minimum absolute atomic E-state index is 0.0582. The van der Waals surface area contributed by atoms with Gasteiger partial charge in [0.2, 0.25) is 0 Å². The van der Waals surface area contributed by atoms with E-state index in [0.717, 1.165) is 31.4 Å². The summed E-state index contributed by atoms with van der Waals surface area (Å²) < 4.78 is 17.4. The first-order chi connectivity index (χ1) is 14.4. The number of piperidine rings is 1. The third-order valence-corrected chi connectivity index (χ3v) is 5.87. The van der Waals surface area contributed by atoms with Gasteiger partial charge in [-0.2, -0.15) is 0 Å². The highest BCUT2D eigenvalue weighted by Gasteiger charge is 2.26. The predicted octanol–water partition coefficient (Wildman–Crippen LogP) is 2.73. The average Bonchev–Trinajstić information content (AvgIpc) is 3.05. The van der Waals surface area contributed by atoms with Crippen LogP contribution in [0.15, 0.2) is 41.5 Å². The summed E-state index contributed by atoms with van der Waals surface area (Å²) in [5.74, 6) is -0.856. The highest BCUT2D eigenvalue weighted by Crippen LogP contribution is 2.26. The minimum Gasteiger partial charge on any atom is -0.339 e. The molecule has 1 fully saturated rings. The molecule has 0 saturated carbocycles. The first kappa shape index (κ1) is 20.3. The molecule has 1 saturated heterocycles. The first-order valence-corrected chi connectivity index (χ1v) is 10.2. The van der Waals surface area contributed by atoms with Crippen LogP contribution in [-0.4, -0.2) is 51.1 Å². The molecule has 0 aliphatic carbocycles. The highest BCUT2D eigenvalue weighted by molar-refractivity contribution is 5.98. The molecular formula is C22H26FN5O2. The van der Waals surface area contributed by atoms with Gasteiger partial charge in [0.05, 0.1) is 28.5 Å². The van der Waals surface area contributed by atoms with Crippen molar-refractivity contribution in [3.63, 3.8) is 0 Å². The second-order valence-corrected chi connectivity index (χ2v) is 8.00. The Kier molecular flexibility index (Phi) is 5.42. The molecule has 1 amide bonds. The van der Waals surface area contributed by atoms with E-state index in [0.29, 0.717) is 11.2 Å². The number of hydrogen-bond donors (Lipinski definition) is 1. The summed E-state index contributed by atoms with van der Waals surface area (Å²) in [5, 5.41) is 3.32. The van der Waals surface area contributed by atoms with E-state index in [1.807, 2.05) is 19.9 Å². The van der Waals surface area contributed by atoms with Crippen LogP contribution in [-0.2, 0) is 0 Å². The van der Waals surface area contributed by atoms with Crippen molar-refractivity contribution in [1.82, 2.24) is 24.3 Å². The zero-order valence-corrected chi connectivity index (χ0v) is 17.4. The van der Waals surface area contributed by atoms with Crippen molar-refractivity contribution >= 4 is 16.9 Å². The average molecular weight is 411 g/mol. The zero-order valence-electron chi connectivity index (χ0n) is 17.4. The van der Waals surface area contributed by atoms with Crippen LogP contribution in [0.4, 0.5) is 4.39 Å². The van der Waals surface area contributed by atoms with Gasteiger partial charge in [0, 0.05) is 25.3 Å². The zero-order chi connectivity index (χ0) is 21.4. The van der Waals surface area contributed by atoms with Crippen molar-refractivity contribution in [3.8, 4) is 5.69 Å². The van der Waals surface area contributed by atoms with Gasteiger partial charge in [-0.15, -0.1) is 0 Å². The molecule has 8 heteroatoms. The third-order valence-electron chi connectivity index (χ3n) is 5.87. The second kappa shape index (κ2) is 8.02. The molecule has 0 bridgehead atoms. The molecule has 30 heavy (non-hydrogen) atoms. The number of rotatable bonds is 4. The van der Waals surface area contributed by atoms with Crippen LogP contribution in [0.1, 0.15) is 43.1 Å². The van der Waals surface area contributed by atoms with Crippen LogP contribution in [0, 0.1) is 5.82 Å². The highest BCUT2D eigenvalue weighted by atomic mass is 19.1. The molecule has 3 aromatic rings. The Morgan fingerprint density at radius 3 is 2.67 bits per heavy atom. The number of carbonyl (C=O) groups is 1. The van der Waals surface area contributed by atoms with Crippen molar-refractivity contribution in [2.24, 2.45) is 0 Å². The largest absolute Gasteiger partial charge is 0.339 e. The molecule has 0 radical (unpaired) electrons. The summed E-state index contributed by atoms with van der Waals surface area (Å²) in [4.78, 5) is 32.4. The van der Waals surface area contributed by atoms with E-state index in [4.69, 9.17) is 0 Å². The number of aromatic nitrogens is 3. The quantitative estimate of drug-likeness (QED) is 0.717. The standard InChI is InChI=1S/C22H26FN5O2/c1-14(2)26(3)21(29)17-12-15(23)4-5-18(17)28-20-13-25-11-8-19(20)27(22(28)30)16-6-9-24-10-7-16/h4-5,8,11-14,16,24H,6-7,9-10H2,1-3H3. The van der Waals surface area contributed by atoms with E-state index in [-0.39, 0.29) is 29.2 Å². The van der Waals surface area contributed by atoms with E-state index in [2.05, 4.69) is 10.3 Å². The number of halogens is 1. The topological polar surface area (TPSA) is 72.2 Å². The summed E-state index contributed by atoms with van der Waals surface area (Å²) >= 11 is 0. The Balaban J connectivity index is 1.96. The van der Waals surface area contributed by atoms with Gasteiger partial charge in [0.1, 0.15) is 5.82 Å². The number of nitrogens with one attached hydrogen (secondary N) is 1. The summed E-state index contributed by atoms with van der Waals surface area (Å²) in [6, 6.07) is 5.79. The van der Waals surface area contributed by atoms with Crippen LogP contribution in [0.5, 0.6) is 0 Å². The molecule has 4 rings (SSSR count). The molecule has 0 spiro atoms. The van der Waals surface area contributed by atoms with Gasteiger partial charge >= 0.3 is 5.69 Å². The first-order valence-electron chi connectivity index (χ1n) is 10.2. The Bertz CT molecular complexity index is 1140. The molecule has 3 heterocycles. The Hall–Kier alpha value is -3.00. The molecular weight excluding hydrogens is 385 g/mol. The van der Waals surface area contributed by atoms with Gasteiger partial charge in [-0.25, -0.2) is 9.18 Å². The predicted molar refractivity (Wildman–Crippen MR) is 114 cm³/mol. The third kappa shape index (κ3) is 3.41. The van der Waals surface area contributed by atoms with Crippen molar-refractivity contribution in [2.75, 3.05) is 20.1 Å². The Morgan fingerprint density at radius 1 is 1.23 bits per heavy atom. The van der Waals surface area contributed by atoms with Gasteiger partial charge in [-0.3, -0.25) is 18.9 Å². The number of hydrogen-bond acceptors (Lipinski definition) is 4. The second-order valence-electron chi connectivity index (χ2n) is 8.00. The number of imidazole rings is 1. The van der Waals surface area contributed by atoms with Gasteiger partial charge in [-0.1, -0.05) is 0 Å². The maximum absolute atomic E-state index is 14.1. The Labute approximate surface area is 174 Å². The fourth-order valence-electron chi connectivity index (χ4n) is 4.02. The lowest BCUT2D eigenvalue weighted by molar-refractivity contribution is 0.0754. The molecule has 1 aliphatic rings. The van der Waals surface area contributed by atoms with E-state index >= 15 is 0 Å². The molecule has 1 aliphatic heterocycles. The van der Waals surface area contributed by atoms with Crippen molar-refractivity contribution in [2.45, 2.75) is 38.8 Å². The fourth-order valence-corrected chi connectivity index (χ4v) is 4.02. The lowest BCUT2D eigenvalue weighted by Crippen LogP contribution is -2.36. The Morgan fingerprint density at radius 2 is 1.97 bits per heavy atom. The lowest BCUT2D eigenvalue weighted by Gasteiger charge is -2.24. The van der Waals surface area contributed by atoms with Crippen LogP contribution >= 0.6 is 0 Å². The van der Waals surface area contributed by atoms with E-state index in [1.54, 1.807) is 24.0 Å². The van der Waals surface area contributed by atoms with Gasteiger partial charge in [0.25, 0.3) is 5.91 Å². The van der Waals surface area contributed by atoms with Crippen LogP contribution < -0.4 is 11.0 Å². The molecule has 0 unspecified atom stereocenters. The number of benzene rings is 1. The molecule has 1 N–H and O–H groups in total. The number of pyridine rings is 1. The number of nitrogens with zero attached hydrogens (tertiary/aromatic N) is 4. The van der Waals surface area contributed by atoms with Crippen molar-refractivity contribution < 1.29 is 9.18 Å². The van der Waals surface area contributed by atoms with E-state index < -0.39 is 5.82 Å².